The highest BCUT2D eigenvalue weighted by Gasteiger charge is 2.57. The van der Waals surface area contributed by atoms with Crippen LogP contribution in [0.5, 0.6) is 0 Å². The summed E-state index contributed by atoms with van der Waals surface area (Å²) in [5, 5.41) is 10.9. The molecule has 1 saturated carbocycles. The van der Waals surface area contributed by atoms with Gasteiger partial charge in [-0.15, -0.1) is 0 Å². The average Bonchev–Trinajstić information content (AvgIpc) is 2.74. The third-order valence-corrected chi connectivity index (χ3v) is 4.80. The van der Waals surface area contributed by atoms with Gasteiger partial charge in [-0.3, -0.25) is 0 Å². The maximum absolute atomic E-state index is 10.9. The first-order chi connectivity index (χ1) is 8.79. The zero-order valence-electron chi connectivity index (χ0n) is 10.2. The fourth-order valence-electron chi connectivity index (χ4n) is 3.82. The lowest BCUT2D eigenvalue weighted by Gasteiger charge is -2.49. The maximum Gasteiger partial charge on any atom is 0.0939 e. The fourth-order valence-corrected chi connectivity index (χ4v) is 3.82. The van der Waals surface area contributed by atoms with Crippen LogP contribution in [0.1, 0.15) is 29.0 Å². The molecule has 90 valence electrons. The minimum atomic E-state index is -0.606. The second-order valence-electron chi connectivity index (χ2n) is 5.61. The van der Waals surface area contributed by atoms with E-state index in [0.29, 0.717) is 11.8 Å². The predicted octanol–water partition coefficient (Wildman–Crippen LogP) is 3.23. The van der Waals surface area contributed by atoms with Crippen molar-refractivity contribution in [3.05, 3.63) is 71.3 Å². The van der Waals surface area contributed by atoms with Crippen LogP contribution in [-0.4, -0.2) is 5.11 Å². The van der Waals surface area contributed by atoms with Gasteiger partial charge in [0.2, 0.25) is 0 Å². The summed E-state index contributed by atoms with van der Waals surface area (Å²) < 4.78 is 0. The Kier molecular flexibility index (Phi) is 1.98. The van der Waals surface area contributed by atoms with Crippen LogP contribution in [0.25, 0.3) is 0 Å². The van der Waals surface area contributed by atoms with Crippen molar-refractivity contribution in [1.82, 2.24) is 0 Å². The molecular weight excluding hydrogens is 220 g/mol. The number of fused-ring (bicyclic) bond motifs is 3. The van der Waals surface area contributed by atoms with Crippen molar-refractivity contribution in [1.29, 1.82) is 0 Å². The zero-order chi connectivity index (χ0) is 12.2. The van der Waals surface area contributed by atoms with Crippen molar-refractivity contribution >= 4 is 0 Å². The molecule has 18 heavy (non-hydrogen) atoms. The van der Waals surface area contributed by atoms with Crippen LogP contribution in [0.15, 0.2) is 54.6 Å². The molecule has 0 heterocycles. The third kappa shape index (κ3) is 1.20. The van der Waals surface area contributed by atoms with Gasteiger partial charge < -0.3 is 5.11 Å². The molecule has 1 heteroatoms. The van der Waals surface area contributed by atoms with Crippen LogP contribution in [0, 0.1) is 5.92 Å². The summed E-state index contributed by atoms with van der Waals surface area (Å²) in [4.78, 5) is 0. The summed E-state index contributed by atoms with van der Waals surface area (Å²) in [7, 11) is 0. The SMILES string of the molecule is O[C@]1(c2ccccc2)C[C@@H]2c3ccccc3C[C@@H]21. The van der Waals surface area contributed by atoms with Gasteiger partial charge in [0.1, 0.15) is 0 Å². The Morgan fingerprint density at radius 2 is 1.67 bits per heavy atom. The first-order valence-electron chi connectivity index (χ1n) is 6.65. The Bertz CT molecular complexity index is 590. The molecule has 0 unspecified atom stereocenters. The molecule has 0 spiro atoms. The smallest absolute Gasteiger partial charge is 0.0939 e. The molecule has 2 aliphatic rings. The molecule has 2 aliphatic carbocycles. The number of aliphatic hydroxyl groups is 1. The van der Waals surface area contributed by atoms with E-state index >= 15 is 0 Å². The molecule has 0 amide bonds. The molecule has 2 aromatic carbocycles. The van der Waals surface area contributed by atoms with Crippen molar-refractivity contribution < 1.29 is 5.11 Å². The van der Waals surface area contributed by atoms with E-state index in [9.17, 15) is 5.11 Å². The molecule has 3 atom stereocenters. The van der Waals surface area contributed by atoms with Crippen molar-refractivity contribution in [3.8, 4) is 0 Å². The molecule has 0 aromatic heterocycles. The normalized spacial score (nSPS) is 32.5. The van der Waals surface area contributed by atoms with Crippen molar-refractivity contribution in [2.45, 2.75) is 24.4 Å². The van der Waals surface area contributed by atoms with E-state index in [1.165, 1.54) is 11.1 Å². The van der Waals surface area contributed by atoms with Gasteiger partial charge in [0.05, 0.1) is 5.60 Å². The highest BCUT2D eigenvalue weighted by atomic mass is 16.3. The predicted molar refractivity (Wildman–Crippen MR) is 71.3 cm³/mol. The average molecular weight is 236 g/mol. The van der Waals surface area contributed by atoms with Crippen LogP contribution in [0.4, 0.5) is 0 Å². The lowest BCUT2D eigenvalue weighted by Crippen LogP contribution is -2.48. The summed E-state index contributed by atoms with van der Waals surface area (Å²) in [5.74, 6) is 0.934. The number of rotatable bonds is 1. The van der Waals surface area contributed by atoms with Crippen molar-refractivity contribution in [2.75, 3.05) is 0 Å². The molecule has 1 fully saturated rings. The molecule has 2 aromatic rings. The summed E-state index contributed by atoms with van der Waals surface area (Å²) in [6.45, 7) is 0. The fraction of sp³-hybridized carbons (Fsp3) is 0.294. The number of hydrogen-bond donors (Lipinski definition) is 1. The molecule has 0 saturated heterocycles. The summed E-state index contributed by atoms with van der Waals surface area (Å²) in [6, 6.07) is 18.8. The van der Waals surface area contributed by atoms with Gasteiger partial charge in [0, 0.05) is 5.92 Å². The Morgan fingerprint density at radius 3 is 2.50 bits per heavy atom. The van der Waals surface area contributed by atoms with Crippen molar-refractivity contribution in [2.24, 2.45) is 5.92 Å². The van der Waals surface area contributed by atoms with Crippen LogP contribution in [0.3, 0.4) is 0 Å². The third-order valence-electron chi connectivity index (χ3n) is 4.80. The Labute approximate surface area is 107 Å². The lowest BCUT2D eigenvalue weighted by atomic mass is 9.59. The van der Waals surface area contributed by atoms with Gasteiger partial charge in [-0.05, 0) is 35.4 Å². The van der Waals surface area contributed by atoms with E-state index in [1.54, 1.807) is 0 Å². The van der Waals surface area contributed by atoms with Crippen LogP contribution >= 0.6 is 0 Å². The van der Waals surface area contributed by atoms with E-state index in [-0.39, 0.29) is 0 Å². The van der Waals surface area contributed by atoms with Crippen LogP contribution in [-0.2, 0) is 12.0 Å². The topological polar surface area (TPSA) is 20.2 Å². The van der Waals surface area contributed by atoms with E-state index < -0.39 is 5.60 Å². The first-order valence-corrected chi connectivity index (χ1v) is 6.65. The van der Waals surface area contributed by atoms with Gasteiger partial charge >= 0.3 is 0 Å². The Hall–Kier alpha value is -1.60. The minimum absolute atomic E-state index is 0.373. The van der Waals surface area contributed by atoms with E-state index in [2.05, 4.69) is 36.4 Å². The monoisotopic (exact) mass is 236 g/mol. The highest BCUT2D eigenvalue weighted by Crippen LogP contribution is 2.61. The second kappa shape index (κ2) is 3.46. The molecular formula is C17H16O. The minimum Gasteiger partial charge on any atom is -0.385 e. The largest absolute Gasteiger partial charge is 0.385 e. The van der Waals surface area contributed by atoms with Crippen LogP contribution < -0.4 is 0 Å². The zero-order valence-corrected chi connectivity index (χ0v) is 10.2. The summed E-state index contributed by atoms with van der Waals surface area (Å²) in [6.07, 6.45) is 1.89. The standard InChI is InChI=1S/C17H16O/c18-17(13-7-2-1-3-8-13)11-15-14-9-5-4-6-12(14)10-16(15)17/h1-9,15-16,18H,10-11H2/t15-,16+,17+/m1/s1. The second-order valence-corrected chi connectivity index (χ2v) is 5.61. The summed E-state index contributed by atoms with van der Waals surface area (Å²) >= 11 is 0. The molecule has 1 N–H and O–H groups in total. The first kappa shape index (κ1) is 10.3. The molecule has 0 bridgehead atoms. The van der Waals surface area contributed by atoms with Gasteiger partial charge in [-0.1, -0.05) is 54.6 Å². The number of benzene rings is 2. The number of hydrogen-bond acceptors (Lipinski definition) is 1. The molecule has 4 rings (SSSR count). The molecule has 1 nitrogen and oxygen atoms in total. The summed E-state index contributed by atoms with van der Waals surface area (Å²) in [5.41, 5.74) is 3.37. The van der Waals surface area contributed by atoms with Gasteiger partial charge in [-0.25, -0.2) is 0 Å². The Morgan fingerprint density at radius 1 is 0.944 bits per heavy atom. The van der Waals surface area contributed by atoms with Crippen molar-refractivity contribution in [3.63, 3.8) is 0 Å². The van der Waals surface area contributed by atoms with E-state index in [1.807, 2.05) is 18.2 Å². The molecule has 0 aliphatic heterocycles. The van der Waals surface area contributed by atoms with E-state index in [0.717, 1.165) is 18.4 Å². The Balaban J connectivity index is 1.72. The highest BCUT2D eigenvalue weighted by molar-refractivity contribution is 5.44. The quantitative estimate of drug-likeness (QED) is 0.806. The van der Waals surface area contributed by atoms with Gasteiger partial charge in [0.15, 0.2) is 0 Å². The maximum atomic E-state index is 10.9. The van der Waals surface area contributed by atoms with E-state index in [4.69, 9.17) is 0 Å². The lowest BCUT2D eigenvalue weighted by molar-refractivity contribution is -0.112. The van der Waals surface area contributed by atoms with Crippen LogP contribution in [0.2, 0.25) is 0 Å². The molecule has 0 radical (unpaired) electrons. The van der Waals surface area contributed by atoms with Gasteiger partial charge in [0.25, 0.3) is 0 Å². The van der Waals surface area contributed by atoms with Gasteiger partial charge in [-0.2, -0.15) is 0 Å².